The van der Waals surface area contributed by atoms with Crippen LogP contribution in [0.2, 0.25) is 0 Å². The van der Waals surface area contributed by atoms with Crippen LogP contribution in [0.25, 0.3) is 21.3 Å². The van der Waals surface area contributed by atoms with E-state index < -0.39 is 4.92 Å². The fourth-order valence-corrected chi connectivity index (χ4v) is 3.83. The molecule has 8 heteroatoms. The summed E-state index contributed by atoms with van der Waals surface area (Å²) in [4.78, 5) is 27.7. The molecule has 124 valence electrons. The standard InChI is InChI=1S/C17H12N4O3S/c1-10(22)20-14-5-3-2-4-13(14)15-16(20)25-17(19-15)18-11-6-8-12(9-7-11)21(23)24/h2-9H,1H3,(H,18,19). The van der Waals surface area contributed by atoms with Crippen molar-refractivity contribution in [3.05, 3.63) is 58.6 Å². The predicted octanol–water partition coefficient (Wildman–Crippen LogP) is 4.56. The Bertz CT molecular complexity index is 1130. The van der Waals surface area contributed by atoms with Crippen LogP contribution in [0.3, 0.4) is 0 Å². The Morgan fingerprint density at radius 3 is 2.60 bits per heavy atom. The number of hydrogen-bond acceptors (Lipinski definition) is 6. The van der Waals surface area contributed by atoms with Gasteiger partial charge in [-0.2, -0.15) is 0 Å². The number of hydrogen-bond donors (Lipinski definition) is 1. The highest BCUT2D eigenvalue weighted by Gasteiger charge is 2.18. The maximum absolute atomic E-state index is 12.1. The zero-order chi connectivity index (χ0) is 17.6. The number of anilines is 2. The first kappa shape index (κ1) is 15.3. The van der Waals surface area contributed by atoms with E-state index in [2.05, 4.69) is 10.3 Å². The lowest BCUT2D eigenvalue weighted by atomic mass is 10.2. The molecule has 0 radical (unpaired) electrons. The molecule has 0 saturated carbocycles. The maximum Gasteiger partial charge on any atom is 0.269 e. The predicted molar refractivity (Wildman–Crippen MR) is 97.8 cm³/mol. The van der Waals surface area contributed by atoms with Crippen molar-refractivity contribution in [1.29, 1.82) is 0 Å². The molecule has 0 aliphatic carbocycles. The van der Waals surface area contributed by atoms with Crippen LogP contribution in [0.15, 0.2) is 48.5 Å². The number of aromatic nitrogens is 2. The molecule has 0 amide bonds. The molecule has 25 heavy (non-hydrogen) atoms. The van der Waals surface area contributed by atoms with Gasteiger partial charge in [0, 0.05) is 30.1 Å². The van der Waals surface area contributed by atoms with Crippen LogP contribution in [-0.4, -0.2) is 20.4 Å². The van der Waals surface area contributed by atoms with Gasteiger partial charge < -0.3 is 5.32 Å². The molecule has 4 rings (SSSR count). The number of benzene rings is 2. The van der Waals surface area contributed by atoms with E-state index in [-0.39, 0.29) is 11.6 Å². The zero-order valence-corrected chi connectivity index (χ0v) is 13.9. The summed E-state index contributed by atoms with van der Waals surface area (Å²) < 4.78 is 1.66. The minimum atomic E-state index is -0.441. The zero-order valence-electron chi connectivity index (χ0n) is 13.1. The molecule has 0 saturated heterocycles. The van der Waals surface area contributed by atoms with Crippen molar-refractivity contribution < 1.29 is 9.72 Å². The molecular weight excluding hydrogens is 340 g/mol. The van der Waals surface area contributed by atoms with Crippen molar-refractivity contribution in [2.45, 2.75) is 6.92 Å². The van der Waals surface area contributed by atoms with Crippen LogP contribution in [0.5, 0.6) is 0 Å². The Morgan fingerprint density at radius 1 is 1.20 bits per heavy atom. The average molecular weight is 352 g/mol. The molecule has 0 atom stereocenters. The number of nitro groups is 1. The molecule has 2 aromatic heterocycles. The van der Waals surface area contributed by atoms with E-state index in [4.69, 9.17) is 0 Å². The van der Waals surface area contributed by atoms with Crippen LogP contribution >= 0.6 is 11.3 Å². The van der Waals surface area contributed by atoms with Crippen LogP contribution in [0, 0.1) is 10.1 Å². The van der Waals surface area contributed by atoms with E-state index in [1.165, 1.54) is 30.4 Å². The third-order valence-corrected chi connectivity index (χ3v) is 4.81. The van der Waals surface area contributed by atoms with Crippen molar-refractivity contribution in [2.75, 3.05) is 5.32 Å². The minimum Gasteiger partial charge on any atom is -0.331 e. The number of fused-ring (bicyclic) bond motifs is 3. The average Bonchev–Trinajstić information content (AvgIpc) is 3.11. The topological polar surface area (TPSA) is 90.1 Å². The summed E-state index contributed by atoms with van der Waals surface area (Å²) in [6.45, 7) is 1.52. The van der Waals surface area contributed by atoms with Gasteiger partial charge in [0.1, 0.15) is 10.3 Å². The molecule has 0 spiro atoms. The summed E-state index contributed by atoms with van der Waals surface area (Å²) in [5, 5.41) is 15.4. The van der Waals surface area contributed by atoms with E-state index in [0.29, 0.717) is 10.8 Å². The second-order valence-electron chi connectivity index (χ2n) is 5.47. The van der Waals surface area contributed by atoms with Gasteiger partial charge in [-0.25, -0.2) is 4.98 Å². The van der Waals surface area contributed by atoms with Gasteiger partial charge >= 0.3 is 0 Å². The van der Waals surface area contributed by atoms with Gasteiger partial charge in [0.05, 0.1) is 10.4 Å². The van der Waals surface area contributed by atoms with E-state index >= 15 is 0 Å². The van der Waals surface area contributed by atoms with E-state index in [1.54, 1.807) is 16.7 Å². The second-order valence-corrected chi connectivity index (χ2v) is 6.45. The first-order valence-corrected chi connectivity index (χ1v) is 8.28. The Labute approximate surface area is 145 Å². The molecule has 2 heterocycles. The van der Waals surface area contributed by atoms with Gasteiger partial charge in [0.2, 0.25) is 5.91 Å². The Morgan fingerprint density at radius 2 is 1.92 bits per heavy atom. The molecular formula is C17H12N4O3S. The number of nitrogens with one attached hydrogen (secondary N) is 1. The number of para-hydroxylation sites is 1. The summed E-state index contributed by atoms with van der Waals surface area (Å²) in [6, 6.07) is 13.8. The monoisotopic (exact) mass is 352 g/mol. The molecule has 4 aromatic rings. The van der Waals surface area contributed by atoms with Crippen LogP contribution in [0.1, 0.15) is 11.7 Å². The highest BCUT2D eigenvalue weighted by atomic mass is 32.1. The Kier molecular flexibility index (Phi) is 3.47. The van der Waals surface area contributed by atoms with Crippen molar-refractivity contribution in [1.82, 2.24) is 9.55 Å². The quantitative estimate of drug-likeness (QED) is 0.431. The summed E-state index contributed by atoms with van der Waals surface area (Å²) >= 11 is 1.37. The number of non-ortho nitro benzene ring substituents is 1. The summed E-state index contributed by atoms with van der Waals surface area (Å²) in [7, 11) is 0. The molecule has 0 aliphatic rings. The molecule has 1 N–H and O–H groups in total. The van der Waals surface area contributed by atoms with E-state index in [1.807, 2.05) is 24.3 Å². The highest BCUT2D eigenvalue weighted by Crippen LogP contribution is 2.35. The van der Waals surface area contributed by atoms with Gasteiger partial charge in [0.25, 0.3) is 5.69 Å². The number of carbonyl (C=O) groups is 1. The smallest absolute Gasteiger partial charge is 0.269 e. The lowest BCUT2D eigenvalue weighted by Gasteiger charge is -2.02. The summed E-state index contributed by atoms with van der Waals surface area (Å²) in [5.41, 5.74) is 2.33. The van der Waals surface area contributed by atoms with Crippen molar-refractivity contribution in [2.24, 2.45) is 0 Å². The van der Waals surface area contributed by atoms with Crippen LogP contribution in [0.4, 0.5) is 16.5 Å². The van der Waals surface area contributed by atoms with Gasteiger partial charge in [-0.1, -0.05) is 29.5 Å². The van der Waals surface area contributed by atoms with Gasteiger partial charge in [-0.3, -0.25) is 19.5 Å². The highest BCUT2D eigenvalue weighted by molar-refractivity contribution is 7.22. The molecule has 0 unspecified atom stereocenters. The normalized spacial score (nSPS) is 11.1. The third-order valence-electron chi connectivity index (χ3n) is 3.86. The summed E-state index contributed by atoms with van der Waals surface area (Å²) in [6.07, 6.45) is 0. The van der Waals surface area contributed by atoms with Crippen LogP contribution < -0.4 is 5.32 Å². The van der Waals surface area contributed by atoms with Gasteiger partial charge in [-0.15, -0.1) is 0 Å². The van der Waals surface area contributed by atoms with Crippen LogP contribution in [-0.2, 0) is 0 Å². The fourth-order valence-electron chi connectivity index (χ4n) is 2.77. The number of nitrogens with zero attached hydrogens (tertiary/aromatic N) is 3. The first-order chi connectivity index (χ1) is 12.0. The first-order valence-electron chi connectivity index (χ1n) is 7.47. The van der Waals surface area contributed by atoms with Crippen molar-refractivity contribution >= 4 is 55.0 Å². The van der Waals surface area contributed by atoms with Crippen molar-refractivity contribution in [3.8, 4) is 0 Å². The number of carbonyl (C=O) groups excluding carboxylic acids is 1. The van der Waals surface area contributed by atoms with Crippen molar-refractivity contribution in [3.63, 3.8) is 0 Å². The molecule has 0 bridgehead atoms. The molecule has 2 aromatic carbocycles. The lowest BCUT2D eigenvalue weighted by Crippen LogP contribution is -2.03. The summed E-state index contributed by atoms with van der Waals surface area (Å²) in [5.74, 6) is -0.0725. The Balaban J connectivity index is 1.78. The number of nitro benzene ring substituents is 1. The largest absolute Gasteiger partial charge is 0.331 e. The minimum absolute atomic E-state index is 0.0314. The van der Waals surface area contributed by atoms with E-state index in [9.17, 15) is 14.9 Å². The van der Waals surface area contributed by atoms with Gasteiger partial charge in [-0.05, 0) is 18.2 Å². The lowest BCUT2D eigenvalue weighted by molar-refractivity contribution is -0.384. The van der Waals surface area contributed by atoms with Gasteiger partial charge in [0.15, 0.2) is 5.13 Å². The number of rotatable bonds is 3. The molecule has 0 aliphatic heterocycles. The maximum atomic E-state index is 12.1. The molecule has 0 fully saturated rings. The second kappa shape index (κ2) is 5.67. The molecule has 7 nitrogen and oxygen atoms in total. The fraction of sp³-hybridized carbons (Fsp3) is 0.0588. The SMILES string of the molecule is CC(=O)n1c2ccccc2c2nc(Nc3ccc([N+](=O)[O-])cc3)sc21. The van der Waals surface area contributed by atoms with E-state index in [0.717, 1.165) is 21.3 Å². The Hall–Kier alpha value is -3.26. The number of thiazole rings is 1. The third kappa shape index (κ3) is 2.52.